The van der Waals surface area contributed by atoms with Gasteiger partial charge < -0.3 is 9.47 Å². The van der Waals surface area contributed by atoms with Gasteiger partial charge in [-0.2, -0.15) is 17.0 Å². The Hall–Kier alpha value is -1.29. The Kier molecular flexibility index (Phi) is 4.54. The van der Waals surface area contributed by atoms with Crippen LogP contribution in [0.2, 0.25) is 0 Å². The third kappa shape index (κ3) is 3.06. The van der Waals surface area contributed by atoms with Gasteiger partial charge in [0.1, 0.15) is 12.2 Å². The van der Waals surface area contributed by atoms with Gasteiger partial charge in [0.2, 0.25) is 0 Å². The molecule has 0 unspecified atom stereocenters. The molecule has 23 heavy (non-hydrogen) atoms. The van der Waals surface area contributed by atoms with Gasteiger partial charge in [0.25, 0.3) is 16.1 Å². The molecule has 0 aromatic carbocycles. The van der Waals surface area contributed by atoms with Gasteiger partial charge >= 0.3 is 0 Å². The predicted molar refractivity (Wildman–Crippen MR) is 80.7 cm³/mol. The zero-order valence-electron chi connectivity index (χ0n) is 13.1. The van der Waals surface area contributed by atoms with Crippen molar-refractivity contribution in [2.24, 2.45) is 0 Å². The smallest absolute Gasteiger partial charge is 0.281 e. The van der Waals surface area contributed by atoms with Gasteiger partial charge in [-0.05, 0) is 25.0 Å². The number of hydrogen-bond acceptors (Lipinski definition) is 5. The predicted octanol–water partition coefficient (Wildman–Crippen LogP) is 0.638. The standard InChI is InChI=1S/C14H20FN3O4S/c1-17(2)23(19,20)18-8-9-21-13-11(18)5-6-12(13)22-14-10(15)4-3-7-16-14/h3-4,7,11-13H,5-6,8-9H2,1-2H3/t11-,12-,13+/m0/s1. The molecule has 0 bridgehead atoms. The molecule has 3 atom stereocenters. The second-order valence-electron chi connectivity index (χ2n) is 5.83. The first-order valence-electron chi connectivity index (χ1n) is 7.49. The minimum Gasteiger partial charge on any atom is -0.469 e. The van der Waals surface area contributed by atoms with Crippen LogP contribution < -0.4 is 4.74 Å². The van der Waals surface area contributed by atoms with Crippen LogP contribution in [0.1, 0.15) is 12.8 Å². The first-order chi connectivity index (χ1) is 10.9. The Balaban J connectivity index is 1.78. The fourth-order valence-electron chi connectivity index (χ4n) is 3.11. The van der Waals surface area contributed by atoms with Crippen molar-refractivity contribution in [2.75, 3.05) is 27.2 Å². The number of rotatable bonds is 4. The molecule has 0 amide bonds. The Morgan fingerprint density at radius 2 is 2.22 bits per heavy atom. The third-order valence-electron chi connectivity index (χ3n) is 4.23. The summed E-state index contributed by atoms with van der Waals surface area (Å²) in [5.74, 6) is -0.612. The Labute approximate surface area is 135 Å². The van der Waals surface area contributed by atoms with Crippen LogP contribution in [0, 0.1) is 5.82 Å². The molecule has 1 aromatic heterocycles. The van der Waals surface area contributed by atoms with Crippen molar-refractivity contribution < 1.29 is 22.3 Å². The van der Waals surface area contributed by atoms with E-state index in [1.165, 1.54) is 41.0 Å². The van der Waals surface area contributed by atoms with Crippen LogP contribution in [0.5, 0.6) is 5.88 Å². The molecule has 128 valence electrons. The van der Waals surface area contributed by atoms with Gasteiger partial charge in [0.15, 0.2) is 5.82 Å². The quantitative estimate of drug-likeness (QED) is 0.801. The molecule has 2 aliphatic rings. The van der Waals surface area contributed by atoms with E-state index in [2.05, 4.69) is 4.98 Å². The highest BCUT2D eigenvalue weighted by molar-refractivity contribution is 7.86. The number of pyridine rings is 1. The zero-order chi connectivity index (χ0) is 16.6. The average molecular weight is 345 g/mol. The molecule has 0 N–H and O–H groups in total. The Bertz CT molecular complexity index is 670. The molecular weight excluding hydrogens is 325 g/mol. The number of fused-ring (bicyclic) bond motifs is 1. The fourth-order valence-corrected chi connectivity index (χ4v) is 4.40. The average Bonchev–Trinajstić information content (AvgIpc) is 2.92. The van der Waals surface area contributed by atoms with Crippen molar-refractivity contribution >= 4 is 10.2 Å². The number of nitrogens with zero attached hydrogens (tertiary/aromatic N) is 3. The zero-order valence-corrected chi connectivity index (χ0v) is 13.9. The second-order valence-corrected chi connectivity index (χ2v) is 7.92. The summed E-state index contributed by atoms with van der Waals surface area (Å²) in [6.45, 7) is 0.602. The topological polar surface area (TPSA) is 72.0 Å². The van der Waals surface area contributed by atoms with Crippen molar-refractivity contribution in [1.82, 2.24) is 13.6 Å². The first-order valence-corrected chi connectivity index (χ1v) is 8.89. The molecule has 0 spiro atoms. The molecular formula is C14H20FN3O4S. The van der Waals surface area contributed by atoms with Crippen LogP contribution >= 0.6 is 0 Å². The number of halogens is 1. The molecule has 1 saturated carbocycles. The SMILES string of the molecule is CN(C)S(=O)(=O)N1CCO[C@H]2[C@@H](Oc3ncccc3F)CC[C@@H]21. The molecule has 1 aliphatic heterocycles. The van der Waals surface area contributed by atoms with Crippen molar-refractivity contribution in [1.29, 1.82) is 0 Å². The summed E-state index contributed by atoms with van der Waals surface area (Å²) in [5, 5.41) is 0. The van der Waals surface area contributed by atoms with Gasteiger partial charge in [-0.15, -0.1) is 0 Å². The van der Waals surface area contributed by atoms with Gasteiger partial charge in [-0.3, -0.25) is 0 Å². The minimum atomic E-state index is -3.52. The normalized spacial score (nSPS) is 28.8. The van der Waals surface area contributed by atoms with E-state index in [9.17, 15) is 12.8 Å². The highest BCUT2D eigenvalue weighted by Gasteiger charge is 2.48. The van der Waals surface area contributed by atoms with Crippen LogP contribution in [0.15, 0.2) is 18.3 Å². The van der Waals surface area contributed by atoms with Crippen molar-refractivity contribution in [3.8, 4) is 5.88 Å². The van der Waals surface area contributed by atoms with Crippen LogP contribution in [-0.2, 0) is 14.9 Å². The molecule has 1 aromatic rings. The van der Waals surface area contributed by atoms with E-state index in [1.54, 1.807) is 0 Å². The van der Waals surface area contributed by atoms with Crippen LogP contribution in [-0.4, -0.2) is 67.5 Å². The molecule has 2 heterocycles. The van der Waals surface area contributed by atoms with Gasteiger partial charge in [-0.25, -0.2) is 9.37 Å². The number of aromatic nitrogens is 1. The summed E-state index contributed by atoms with van der Waals surface area (Å²) in [6, 6.07) is 2.47. The van der Waals surface area contributed by atoms with Crippen molar-refractivity contribution in [3.63, 3.8) is 0 Å². The van der Waals surface area contributed by atoms with Gasteiger partial charge in [-0.1, -0.05) is 0 Å². The molecule has 0 radical (unpaired) electrons. The molecule has 7 nitrogen and oxygen atoms in total. The fraction of sp³-hybridized carbons (Fsp3) is 0.643. The summed E-state index contributed by atoms with van der Waals surface area (Å²) in [6.07, 6.45) is 1.82. The number of hydrogen-bond donors (Lipinski definition) is 0. The Morgan fingerprint density at radius 1 is 1.43 bits per heavy atom. The van der Waals surface area contributed by atoms with Crippen molar-refractivity contribution in [3.05, 3.63) is 24.1 Å². The highest BCUT2D eigenvalue weighted by Crippen LogP contribution is 2.34. The lowest BCUT2D eigenvalue weighted by Gasteiger charge is -2.38. The number of ether oxygens (including phenoxy) is 2. The summed E-state index contributed by atoms with van der Waals surface area (Å²) < 4.78 is 52.6. The minimum absolute atomic E-state index is 0.0747. The first kappa shape index (κ1) is 16.6. The highest BCUT2D eigenvalue weighted by atomic mass is 32.2. The van der Waals surface area contributed by atoms with E-state index in [-0.39, 0.29) is 11.9 Å². The lowest BCUT2D eigenvalue weighted by atomic mass is 10.1. The van der Waals surface area contributed by atoms with Gasteiger partial charge in [0, 0.05) is 26.8 Å². The largest absolute Gasteiger partial charge is 0.469 e. The van der Waals surface area contributed by atoms with E-state index < -0.39 is 28.2 Å². The summed E-state index contributed by atoms with van der Waals surface area (Å²) in [5.41, 5.74) is 0. The maximum absolute atomic E-state index is 13.7. The molecule has 3 rings (SSSR count). The summed E-state index contributed by atoms with van der Waals surface area (Å²) in [7, 11) is -0.505. The summed E-state index contributed by atoms with van der Waals surface area (Å²) >= 11 is 0. The molecule has 9 heteroatoms. The van der Waals surface area contributed by atoms with Crippen LogP contribution in [0.25, 0.3) is 0 Å². The van der Waals surface area contributed by atoms with Crippen LogP contribution in [0.3, 0.4) is 0 Å². The Morgan fingerprint density at radius 3 is 2.91 bits per heavy atom. The second kappa shape index (κ2) is 6.31. The van der Waals surface area contributed by atoms with E-state index in [0.717, 1.165) is 0 Å². The monoisotopic (exact) mass is 345 g/mol. The lowest BCUT2D eigenvalue weighted by Crippen LogP contribution is -2.56. The van der Waals surface area contributed by atoms with E-state index in [1.807, 2.05) is 0 Å². The summed E-state index contributed by atoms with van der Waals surface area (Å²) in [4.78, 5) is 3.88. The van der Waals surface area contributed by atoms with E-state index in [0.29, 0.717) is 26.0 Å². The third-order valence-corrected chi connectivity index (χ3v) is 6.20. The molecule has 1 aliphatic carbocycles. The maximum atomic E-state index is 13.7. The van der Waals surface area contributed by atoms with Crippen LogP contribution in [0.4, 0.5) is 4.39 Å². The van der Waals surface area contributed by atoms with Gasteiger partial charge in [0.05, 0.1) is 12.6 Å². The van der Waals surface area contributed by atoms with E-state index in [4.69, 9.17) is 9.47 Å². The molecule has 1 saturated heterocycles. The molecule has 2 fully saturated rings. The number of morpholine rings is 1. The maximum Gasteiger partial charge on any atom is 0.281 e. The van der Waals surface area contributed by atoms with Crippen molar-refractivity contribution in [2.45, 2.75) is 31.1 Å². The van der Waals surface area contributed by atoms with E-state index >= 15 is 0 Å². The lowest BCUT2D eigenvalue weighted by molar-refractivity contribution is -0.0684.